The average molecular weight is 334 g/mol. The fourth-order valence-electron chi connectivity index (χ4n) is 2.95. The molecule has 2 aromatic carbocycles. The van der Waals surface area contributed by atoms with Crippen LogP contribution in [0.3, 0.4) is 0 Å². The van der Waals surface area contributed by atoms with Crippen LogP contribution >= 0.6 is 0 Å². The summed E-state index contributed by atoms with van der Waals surface area (Å²) in [7, 11) is 0. The molecule has 0 atom stereocenters. The minimum Gasteiger partial charge on any atom is -0.508 e. The lowest BCUT2D eigenvalue weighted by Crippen LogP contribution is -2.45. The van der Waals surface area contributed by atoms with Crippen LogP contribution in [0.25, 0.3) is 0 Å². The van der Waals surface area contributed by atoms with Crippen LogP contribution < -0.4 is 0 Å². The van der Waals surface area contributed by atoms with Crippen molar-refractivity contribution in [3.05, 3.63) is 59.2 Å². The number of phenolic OH excluding ortho intramolecular Hbond substituents is 2. The summed E-state index contributed by atoms with van der Waals surface area (Å²) < 4.78 is 26.6. The van der Waals surface area contributed by atoms with Crippen LogP contribution in [0.1, 0.15) is 11.1 Å². The Balaban J connectivity index is 1.56. The summed E-state index contributed by atoms with van der Waals surface area (Å²) in [5.74, 6) is -0.516. The molecule has 2 N–H and O–H groups in total. The van der Waals surface area contributed by atoms with Gasteiger partial charge in [0.05, 0.1) is 0 Å². The van der Waals surface area contributed by atoms with E-state index < -0.39 is 0 Å². The fourth-order valence-corrected chi connectivity index (χ4v) is 2.95. The molecule has 0 aromatic heterocycles. The lowest BCUT2D eigenvalue weighted by Gasteiger charge is -2.34. The van der Waals surface area contributed by atoms with E-state index in [0.717, 1.165) is 26.2 Å². The summed E-state index contributed by atoms with van der Waals surface area (Å²) in [5, 5.41) is 19.6. The zero-order valence-corrected chi connectivity index (χ0v) is 13.3. The third-order valence-electron chi connectivity index (χ3n) is 4.34. The van der Waals surface area contributed by atoms with E-state index in [2.05, 4.69) is 9.80 Å². The van der Waals surface area contributed by atoms with Crippen LogP contribution in [0.15, 0.2) is 36.4 Å². The number of hydrogen-bond donors (Lipinski definition) is 2. The molecule has 0 bridgehead atoms. The van der Waals surface area contributed by atoms with E-state index >= 15 is 0 Å². The second-order valence-corrected chi connectivity index (χ2v) is 6.10. The van der Waals surface area contributed by atoms with Gasteiger partial charge in [-0.3, -0.25) is 9.80 Å². The molecule has 3 rings (SSSR count). The van der Waals surface area contributed by atoms with Crippen molar-refractivity contribution < 1.29 is 19.0 Å². The van der Waals surface area contributed by atoms with E-state index in [1.807, 2.05) is 0 Å². The molecule has 1 aliphatic rings. The van der Waals surface area contributed by atoms with Gasteiger partial charge in [-0.1, -0.05) is 0 Å². The van der Waals surface area contributed by atoms with Gasteiger partial charge in [0.2, 0.25) is 0 Å². The fraction of sp³-hybridized carbons (Fsp3) is 0.333. The highest BCUT2D eigenvalue weighted by molar-refractivity contribution is 5.33. The minimum atomic E-state index is -0.358. The van der Waals surface area contributed by atoms with Gasteiger partial charge in [0.15, 0.2) is 0 Å². The van der Waals surface area contributed by atoms with Crippen molar-refractivity contribution in [2.24, 2.45) is 0 Å². The zero-order valence-electron chi connectivity index (χ0n) is 13.3. The van der Waals surface area contributed by atoms with Gasteiger partial charge in [0.1, 0.15) is 23.1 Å². The van der Waals surface area contributed by atoms with Crippen LogP contribution in [-0.4, -0.2) is 46.2 Å². The van der Waals surface area contributed by atoms with E-state index in [1.54, 1.807) is 0 Å². The lowest BCUT2D eigenvalue weighted by molar-refractivity contribution is 0.120. The van der Waals surface area contributed by atoms with Crippen molar-refractivity contribution in [2.45, 2.75) is 13.1 Å². The number of benzene rings is 2. The van der Waals surface area contributed by atoms with Gasteiger partial charge in [0.25, 0.3) is 0 Å². The van der Waals surface area contributed by atoms with E-state index in [4.69, 9.17) is 0 Å². The number of piperazine rings is 1. The van der Waals surface area contributed by atoms with Gasteiger partial charge >= 0.3 is 0 Å². The highest BCUT2D eigenvalue weighted by Crippen LogP contribution is 2.22. The monoisotopic (exact) mass is 334 g/mol. The second-order valence-electron chi connectivity index (χ2n) is 6.10. The molecule has 4 nitrogen and oxygen atoms in total. The van der Waals surface area contributed by atoms with Gasteiger partial charge in [-0.25, -0.2) is 8.78 Å². The van der Waals surface area contributed by atoms with Gasteiger partial charge in [-0.05, 0) is 36.4 Å². The summed E-state index contributed by atoms with van der Waals surface area (Å²) in [6, 6.07) is 7.92. The Morgan fingerprint density at radius 1 is 0.708 bits per heavy atom. The first-order valence-electron chi connectivity index (χ1n) is 7.91. The Morgan fingerprint density at radius 3 is 1.46 bits per heavy atom. The largest absolute Gasteiger partial charge is 0.508 e. The normalized spacial score (nSPS) is 16.4. The molecule has 0 saturated carbocycles. The third kappa shape index (κ3) is 4.01. The molecule has 2 aromatic rings. The number of aromatic hydroxyl groups is 2. The molecule has 0 radical (unpaired) electrons. The Hall–Kier alpha value is -2.18. The van der Waals surface area contributed by atoms with Crippen molar-refractivity contribution in [1.29, 1.82) is 0 Å². The van der Waals surface area contributed by atoms with Crippen molar-refractivity contribution in [2.75, 3.05) is 26.2 Å². The van der Waals surface area contributed by atoms with E-state index in [0.29, 0.717) is 24.2 Å². The van der Waals surface area contributed by atoms with E-state index in [-0.39, 0.29) is 23.1 Å². The quantitative estimate of drug-likeness (QED) is 0.903. The topological polar surface area (TPSA) is 46.9 Å². The Morgan fingerprint density at radius 2 is 1.08 bits per heavy atom. The summed E-state index contributed by atoms with van der Waals surface area (Å²) in [5.41, 5.74) is 1.15. The molecule has 128 valence electrons. The van der Waals surface area contributed by atoms with Gasteiger partial charge in [-0.15, -0.1) is 0 Å². The molecule has 1 fully saturated rings. The van der Waals surface area contributed by atoms with Crippen molar-refractivity contribution in [1.82, 2.24) is 9.80 Å². The average Bonchev–Trinajstić information content (AvgIpc) is 2.56. The number of phenols is 2. The standard InChI is InChI=1S/C18H20F2N2O2/c19-15-1-3-17(23)13(9-15)11-21-5-7-22(8-6-21)12-14-10-16(20)2-4-18(14)24/h1-4,9-10,23-24H,5-8,11-12H2. The molecule has 0 unspecified atom stereocenters. The maximum atomic E-state index is 13.3. The van der Waals surface area contributed by atoms with Gasteiger partial charge in [0, 0.05) is 50.4 Å². The van der Waals surface area contributed by atoms with Crippen molar-refractivity contribution in [3.63, 3.8) is 0 Å². The molecule has 1 heterocycles. The molecule has 0 aliphatic carbocycles. The summed E-state index contributed by atoms with van der Waals surface area (Å²) in [6.45, 7) is 4.00. The Bertz CT molecular complexity index is 655. The van der Waals surface area contributed by atoms with Gasteiger partial charge in [-0.2, -0.15) is 0 Å². The summed E-state index contributed by atoms with van der Waals surface area (Å²) in [6.07, 6.45) is 0. The first-order valence-corrected chi connectivity index (χ1v) is 7.91. The maximum Gasteiger partial charge on any atom is 0.123 e. The molecule has 1 aliphatic heterocycles. The molecular weight excluding hydrogens is 314 g/mol. The van der Waals surface area contributed by atoms with Crippen molar-refractivity contribution in [3.8, 4) is 11.5 Å². The molecule has 1 saturated heterocycles. The first-order chi connectivity index (χ1) is 11.5. The molecule has 6 heteroatoms. The number of hydrogen-bond acceptors (Lipinski definition) is 4. The zero-order chi connectivity index (χ0) is 17.1. The molecule has 0 spiro atoms. The van der Waals surface area contributed by atoms with E-state index in [1.165, 1.54) is 36.4 Å². The smallest absolute Gasteiger partial charge is 0.123 e. The van der Waals surface area contributed by atoms with Crippen LogP contribution in [-0.2, 0) is 13.1 Å². The van der Waals surface area contributed by atoms with Gasteiger partial charge < -0.3 is 10.2 Å². The summed E-state index contributed by atoms with van der Waals surface area (Å²) in [4.78, 5) is 4.27. The Labute approximate surface area is 139 Å². The highest BCUT2D eigenvalue weighted by Gasteiger charge is 2.19. The molecule has 24 heavy (non-hydrogen) atoms. The molecular formula is C18H20F2N2O2. The highest BCUT2D eigenvalue weighted by atomic mass is 19.1. The lowest BCUT2D eigenvalue weighted by atomic mass is 10.1. The molecule has 0 amide bonds. The first kappa shape index (κ1) is 16.7. The summed E-state index contributed by atoms with van der Waals surface area (Å²) >= 11 is 0. The van der Waals surface area contributed by atoms with Crippen LogP contribution in [0.4, 0.5) is 8.78 Å². The predicted octanol–water partition coefficient (Wildman–Crippen LogP) is 2.69. The minimum absolute atomic E-state index is 0.100. The van der Waals surface area contributed by atoms with Crippen LogP contribution in [0, 0.1) is 11.6 Å². The van der Waals surface area contributed by atoms with Crippen LogP contribution in [0.2, 0.25) is 0 Å². The number of rotatable bonds is 4. The second kappa shape index (κ2) is 7.15. The predicted molar refractivity (Wildman–Crippen MR) is 86.7 cm³/mol. The number of halogens is 2. The SMILES string of the molecule is Oc1ccc(F)cc1CN1CCN(Cc2cc(F)ccc2O)CC1. The Kier molecular flexibility index (Phi) is 4.97. The van der Waals surface area contributed by atoms with Crippen molar-refractivity contribution >= 4 is 0 Å². The third-order valence-corrected chi connectivity index (χ3v) is 4.34. The van der Waals surface area contributed by atoms with E-state index in [9.17, 15) is 19.0 Å². The maximum absolute atomic E-state index is 13.3. The number of nitrogens with zero attached hydrogens (tertiary/aromatic N) is 2. The van der Waals surface area contributed by atoms with Crippen LogP contribution in [0.5, 0.6) is 11.5 Å².